The number of pyridine rings is 1. The molecule has 0 unspecified atom stereocenters. The second-order valence-electron chi connectivity index (χ2n) is 4.08. The Bertz CT molecular complexity index is 641. The topological polar surface area (TPSA) is 80.0 Å². The summed E-state index contributed by atoms with van der Waals surface area (Å²) in [6, 6.07) is 8.86. The van der Waals surface area contributed by atoms with E-state index in [1.165, 1.54) is 0 Å². The number of nitrogens with one attached hydrogen (secondary N) is 2. The third-order valence-corrected chi connectivity index (χ3v) is 3.89. The first-order valence-electron chi connectivity index (χ1n) is 5.72. The van der Waals surface area contributed by atoms with Crippen LogP contribution in [0, 0.1) is 6.92 Å². The summed E-state index contributed by atoms with van der Waals surface area (Å²) in [5, 5.41) is 2.84. The predicted octanol–water partition coefficient (Wildman–Crippen LogP) is 3.45. The van der Waals surface area contributed by atoms with Crippen molar-refractivity contribution in [2.75, 3.05) is 10.7 Å². The number of amides is 1. The van der Waals surface area contributed by atoms with Gasteiger partial charge in [0.2, 0.25) is 0 Å². The number of nitrogen functional groups attached to an aromatic ring is 1. The van der Waals surface area contributed by atoms with E-state index in [9.17, 15) is 4.79 Å². The van der Waals surface area contributed by atoms with Crippen LogP contribution in [0.5, 0.6) is 0 Å². The molecule has 0 atom stereocenters. The first-order chi connectivity index (χ1) is 9.51. The molecule has 0 fully saturated rings. The number of rotatable bonds is 3. The summed E-state index contributed by atoms with van der Waals surface area (Å²) in [5.41, 5.74) is 4.30. The zero-order valence-electron chi connectivity index (χ0n) is 10.6. The number of hydrogen-bond donors (Lipinski definition) is 3. The van der Waals surface area contributed by atoms with E-state index in [1.54, 1.807) is 19.1 Å². The largest absolute Gasteiger partial charge is 0.320 e. The van der Waals surface area contributed by atoms with E-state index in [0.29, 0.717) is 22.8 Å². The molecule has 20 heavy (non-hydrogen) atoms. The van der Waals surface area contributed by atoms with Crippen LogP contribution in [0.1, 0.15) is 16.1 Å². The van der Waals surface area contributed by atoms with Crippen LogP contribution >= 0.6 is 31.9 Å². The summed E-state index contributed by atoms with van der Waals surface area (Å²) >= 11 is 6.80. The Morgan fingerprint density at radius 3 is 2.50 bits per heavy atom. The van der Waals surface area contributed by atoms with Gasteiger partial charge in [-0.25, -0.2) is 10.8 Å². The number of benzene rings is 1. The minimum atomic E-state index is -0.236. The zero-order valence-corrected chi connectivity index (χ0v) is 13.7. The molecule has 0 saturated heterocycles. The molecule has 0 radical (unpaired) electrons. The molecule has 1 heterocycles. The van der Waals surface area contributed by atoms with E-state index >= 15 is 0 Å². The van der Waals surface area contributed by atoms with E-state index in [0.717, 1.165) is 8.95 Å². The monoisotopic (exact) mass is 398 g/mol. The molecule has 5 nitrogen and oxygen atoms in total. The van der Waals surface area contributed by atoms with Crippen molar-refractivity contribution in [1.29, 1.82) is 0 Å². The summed E-state index contributed by atoms with van der Waals surface area (Å²) < 4.78 is 1.59. The van der Waals surface area contributed by atoms with Crippen molar-refractivity contribution in [3.63, 3.8) is 0 Å². The van der Waals surface area contributed by atoms with Gasteiger partial charge in [-0.1, -0.05) is 6.07 Å². The number of aromatic nitrogens is 1. The highest BCUT2D eigenvalue weighted by atomic mass is 79.9. The van der Waals surface area contributed by atoms with Crippen LogP contribution in [0.25, 0.3) is 0 Å². The Hall–Kier alpha value is -1.44. The molecule has 0 aliphatic heterocycles. The first-order valence-corrected chi connectivity index (χ1v) is 7.30. The molecule has 1 amide bonds. The van der Waals surface area contributed by atoms with Crippen molar-refractivity contribution < 1.29 is 4.79 Å². The van der Waals surface area contributed by atoms with Gasteiger partial charge in [-0.3, -0.25) is 4.79 Å². The number of hydrazine groups is 1. The van der Waals surface area contributed by atoms with E-state index in [-0.39, 0.29) is 5.91 Å². The van der Waals surface area contributed by atoms with E-state index in [1.807, 2.05) is 18.2 Å². The molecule has 1 aromatic carbocycles. The molecule has 0 bridgehead atoms. The fraction of sp³-hybridized carbons (Fsp3) is 0.0769. The van der Waals surface area contributed by atoms with E-state index in [2.05, 4.69) is 47.6 Å². The van der Waals surface area contributed by atoms with Crippen LogP contribution in [-0.2, 0) is 0 Å². The number of carbonyl (C=O) groups excluding carboxylic acids is 1. The van der Waals surface area contributed by atoms with Crippen molar-refractivity contribution >= 4 is 49.3 Å². The van der Waals surface area contributed by atoms with Crippen molar-refractivity contribution in [2.45, 2.75) is 6.92 Å². The summed E-state index contributed by atoms with van der Waals surface area (Å²) in [6.07, 6.45) is 0. The predicted molar refractivity (Wildman–Crippen MR) is 86.6 cm³/mol. The lowest BCUT2D eigenvalue weighted by Crippen LogP contribution is -2.15. The summed E-state index contributed by atoms with van der Waals surface area (Å²) in [5.74, 6) is 5.54. The zero-order chi connectivity index (χ0) is 14.7. The Morgan fingerprint density at radius 1 is 1.25 bits per heavy atom. The van der Waals surface area contributed by atoms with Crippen molar-refractivity contribution in [3.8, 4) is 0 Å². The number of anilines is 2. The van der Waals surface area contributed by atoms with Gasteiger partial charge in [-0.2, -0.15) is 0 Å². The lowest BCUT2D eigenvalue weighted by molar-refractivity contribution is 0.102. The Balaban J connectivity index is 2.31. The SMILES string of the molecule is Cc1cc(C(=O)Nc2c(Br)cccc2Br)cc(NN)n1. The van der Waals surface area contributed by atoms with Crippen LogP contribution in [0.15, 0.2) is 39.3 Å². The number of para-hydroxylation sites is 1. The van der Waals surface area contributed by atoms with E-state index in [4.69, 9.17) is 5.84 Å². The van der Waals surface area contributed by atoms with Crippen LogP contribution in [0.3, 0.4) is 0 Å². The van der Waals surface area contributed by atoms with Gasteiger partial charge < -0.3 is 10.7 Å². The number of nitrogens with two attached hydrogens (primary N) is 1. The Morgan fingerprint density at radius 2 is 1.90 bits per heavy atom. The molecule has 0 aliphatic rings. The molecule has 4 N–H and O–H groups in total. The molecule has 0 saturated carbocycles. The molecule has 0 aliphatic carbocycles. The normalized spacial score (nSPS) is 10.2. The maximum Gasteiger partial charge on any atom is 0.255 e. The standard InChI is InChI=1S/C13H12Br2N4O/c1-7-5-8(6-11(17-7)19-16)13(20)18-12-9(14)3-2-4-10(12)15/h2-6H,16H2,1H3,(H,17,19)(H,18,20). The van der Waals surface area contributed by atoms with Gasteiger partial charge in [-0.05, 0) is 63.0 Å². The van der Waals surface area contributed by atoms with Gasteiger partial charge in [0.1, 0.15) is 5.82 Å². The molecular weight excluding hydrogens is 388 g/mol. The van der Waals surface area contributed by atoms with Gasteiger partial charge >= 0.3 is 0 Å². The van der Waals surface area contributed by atoms with Gasteiger partial charge in [0.25, 0.3) is 5.91 Å². The van der Waals surface area contributed by atoms with Crippen molar-refractivity contribution in [1.82, 2.24) is 4.98 Å². The van der Waals surface area contributed by atoms with Gasteiger partial charge in [0, 0.05) is 20.2 Å². The van der Waals surface area contributed by atoms with Gasteiger partial charge in [-0.15, -0.1) is 0 Å². The molecular formula is C13H12Br2N4O. The highest BCUT2D eigenvalue weighted by Crippen LogP contribution is 2.31. The average Bonchev–Trinajstić information content (AvgIpc) is 2.42. The number of halogens is 2. The fourth-order valence-corrected chi connectivity index (χ4v) is 2.87. The van der Waals surface area contributed by atoms with Crippen molar-refractivity contribution in [2.24, 2.45) is 5.84 Å². The maximum atomic E-state index is 12.3. The van der Waals surface area contributed by atoms with Gasteiger partial charge in [0.15, 0.2) is 0 Å². The fourth-order valence-electron chi connectivity index (χ4n) is 1.68. The van der Waals surface area contributed by atoms with E-state index < -0.39 is 0 Å². The quantitative estimate of drug-likeness (QED) is 0.545. The van der Waals surface area contributed by atoms with Gasteiger partial charge in [0.05, 0.1) is 5.69 Å². The second-order valence-corrected chi connectivity index (χ2v) is 5.79. The molecule has 2 aromatic rings. The highest BCUT2D eigenvalue weighted by Gasteiger charge is 2.12. The van der Waals surface area contributed by atoms with Crippen LogP contribution in [0.4, 0.5) is 11.5 Å². The minimum Gasteiger partial charge on any atom is -0.320 e. The molecule has 7 heteroatoms. The third kappa shape index (κ3) is 3.36. The maximum absolute atomic E-state index is 12.3. The lowest BCUT2D eigenvalue weighted by Gasteiger charge is -2.10. The Labute approximate surface area is 133 Å². The van der Waals surface area contributed by atoms with Crippen LogP contribution in [-0.4, -0.2) is 10.9 Å². The molecule has 1 aromatic heterocycles. The number of aryl methyl sites for hydroxylation is 1. The molecule has 2 rings (SSSR count). The molecule has 104 valence electrons. The van der Waals surface area contributed by atoms with Crippen LogP contribution in [0.2, 0.25) is 0 Å². The van der Waals surface area contributed by atoms with Crippen LogP contribution < -0.4 is 16.6 Å². The first kappa shape index (κ1) is 15.0. The average molecular weight is 400 g/mol. The molecule has 0 spiro atoms. The summed E-state index contributed by atoms with van der Waals surface area (Å²) in [4.78, 5) is 16.4. The summed E-state index contributed by atoms with van der Waals surface area (Å²) in [6.45, 7) is 1.80. The number of hydrogen-bond acceptors (Lipinski definition) is 4. The highest BCUT2D eigenvalue weighted by molar-refractivity contribution is 9.11. The minimum absolute atomic E-state index is 0.236. The van der Waals surface area contributed by atoms with Crippen molar-refractivity contribution in [3.05, 3.63) is 50.5 Å². The Kier molecular flexibility index (Phi) is 4.74. The summed E-state index contributed by atoms with van der Waals surface area (Å²) in [7, 11) is 0. The second kappa shape index (κ2) is 6.34. The third-order valence-electron chi connectivity index (χ3n) is 2.56. The lowest BCUT2D eigenvalue weighted by atomic mass is 10.2. The number of nitrogens with zero attached hydrogens (tertiary/aromatic N) is 1. The number of carbonyl (C=O) groups is 1. The smallest absolute Gasteiger partial charge is 0.255 e.